The van der Waals surface area contributed by atoms with Crippen LogP contribution in [0.25, 0.3) is 0 Å². The molecule has 0 amide bonds. The van der Waals surface area contributed by atoms with Gasteiger partial charge in [0.2, 0.25) is 0 Å². The summed E-state index contributed by atoms with van der Waals surface area (Å²) in [4.78, 5) is 0. The van der Waals surface area contributed by atoms with Gasteiger partial charge in [0.05, 0.1) is 0 Å². The summed E-state index contributed by atoms with van der Waals surface area (Å²) >= 11 is 0. The Bertz CT molecular complexity index is 201. The van der Waals surface area contributed by atoms with Crippen LogP contribution in [0.4, 0.5) is 0 Å². The van der Waals surface area contributed by atoms with Crippen LogP contribution in [-0.4, -0.2) is 4.57 Å². The fourth-order valence-corrected chi connectivity index (χ4v) is 0.876. The minimum atomic E-state index is 0.646. The van der Waals surface area contributed by atoms with E-state index in [0.717, 1.165) is 0 Å². The van der Waals surface area contributed by atoms with E-state index >= 15 is 0 Å². The highest BCUT2D eigenvalue weighted by Gasteiger charge is 1.96. The Labute approximate surface area is 55.3 Å². The van der Waals surface area contributed by atoms with E-state index in [-0.39, 0.29) is 0 Å². The zero-order valence-corrected chi connectivity index (χ0v) is 5.89. The first-order chi connectivity index (χ1) is 4.25. The van der Waals surface area contributed by atoms with E-state index in [1.807, 2.05) is 13.2 Å². The van der Waals surface area contributed by atoms with E-state index in [0.29, 0.717) is 6.54 Å². The summed E-state index contributed by atoms with van der Waals surface area (Å²) in [5.74, 6) is 0. The van der Waals surface area contributed by atoms with Gasteiger partial charge in [0.15, 0.2) is 0 Å². The molecule has 9 heavy (non-hydrogen) atoms. The van der Waals surface area contributed by atoms with Gasteiger partial charge in [-0.1, -0.05) is 0 Å². The molecule has 0 radical (unpaired) electrons. The Balaban J connectivity index is 3.04. The van der Waals surface area contributed by atoms with Gasteiger partial charge in [-0.25, -0.2) is 0 Å². The number of aryl methyl sites for hydroxylation is 1. The van der Waals surface area contributed by atoms with Crippen molar-refractivity contribution in [3.05, 3.63) is 23.5 Å². The molecule has 0 aliphatic heterocycles. The average Bonchev–Trinajstić information content (AvgIpc) is 2.15. The number of nitrogens with zero attached hydrogens (tertiary/aromatic N) is 1. The molecular formula is C7H12N2. The lowest BCUT2D eigenvalue weighted by Crippen LogP contribution is -1.98. The first kappa shape index (κ1) is 6.36. The molecule has 2 nitrogen and oxygen atoms in total. The van der Waals surface area contributed by atoms with E-state index in [4.69, 9.17) is 5.73 Å². The molecule has 0 atom stereocenters. The van der Waals surface area contributed by atoms with Crippen LogP contribution < -0.4 is 5.73 Å². The topological polar surface area (TPSA) is 30.9 Å². The monoisotopic (exact) mass is 124 g/mol. The Morgan fingerprint density at radius 2 is 2.33 bits per heavy atom. The van der Waals surface area contributed by atoms with Crippen LogP contribution in [0.1, 0.15) is 11.3 Å². The van der Waals surface area contributed by atoms with Crippen LogP contribution in [-0.2, 0) is 13.6 Å². The Morgan fingerprint density at radius 1 is 1.67 bits per heavy atom. The number of hydrogen-bond acceptors (Lipinski definition) is 1. The lowest BCUT2D eigenvalue weighted by atomic mass is 10.3. The van der Waals surface area contributed by atoms with E-state index in [1.54, 1.807) is 0 Å². The Hall–Kier alpha value is -0.760. The van der Waals surface area contributed by atoms with Crippen molar-refractivity contribution in [2.24, 2.45) is 12.8 Å². The molecule has 0 aromatic carbocycles. The molecule has 2 N–H and O–H groups in total. The second-order valence-electron chi connectivity index (χ2n) is 2.24. The molecule has 0 saturated carbocycles. The van der Waals surface area contributed by atoms with E-state index in [2.05, 4.69) is 17.6 Å². The largest absolute Gasteiger partial charge is 0.354 e. The van der Waals surface area contributed by atoms with Crippen molar-refractivity contribution in [3.63, 3.8) is 0 Å². The minimum absolute atomic E-state index is 0.646. The van der Waals surface area contributed by atoms with E-state index < -0.39 is 0 Å². The van der Waals surface area contributed by atoms with Crippen LogP contribution in [0.5, 0.6) is 0 Å². The quantitative estimate of drug-likeness (QED) is 0.589. The van der Waals surface area contributed by atoms with Crippen LogP contribution >= 0.6 is 0 Å². The van der Waals surface area contributed by atoms with Crippen LogP contribution in [0.2, 0.25) is 0 Å². The molecular weight excluding hydrogens is 112 g/mol. The molecule has 0 fully saturated rings. The van der Waals surface area contributed by atoms with E-state index in [9.17, 15) is 0 Å². The van der Waals surface area contributed by atoms with Gasteiger partial charge in [-0.15, -0.1) is 0 Å². The first-order valence-corrected chi connectivity index (χ1v) is 3.06. The third-order valence-electron chi connectivity index (χ3n) is 1.71. The smallest absolute Gasteiger partial charge is 0.0195 e. The molecule has 0 unspecified atom stereocenters. The average molecular weight is 124 g/mol. The maximum absolute atomic E-state index is 5.45. The van der Waals surface area contributed by atoms with Gasteiger partial charge in [-0.2, -0.15) is 0 Å². The number of nitrogens with two attached hydrogens (primary N) is 1. The summed E-state index contributed by atoms with van der Waals surface area (Å²) in [6.07, 6.45) is 2.03. The third-order valence-corrected chi connectivity index (χ3v) is 1.71. The number of hydrogen-bond donors (Lipinski definition) is 1. The summed E-state index contributed by atoms with van der Waals surface area (Å²) in [5, 5.41) is 0. The maximum atomic E-state index is 5.45. The SMILES string of the molecule is Cc1c(CN)ccn1C. The Morgan fingerprint density at radius 3 is 2.56 bits per heavy atom. The van der Waals surface area contributed by atoms with Gasteiger partial charge in [0.1, 0.15) is 0 Å². The summed E-state index contributed by atoms with van der Waals surface area (Å²) in [7, 11) is 2.02. The highest BCUT2D eigenvalue weighted by Crippen LogP contribution is 2.05. The number of aromatic nitrogens is 1. The van der Waals surface area contributed by atoms with Crippen LogP contribution in [0, 0.1) is 6.92 Å². The second-order valence-corrected chi connectivity index (χ2v) is 2.24. The van der Waals surface area contributed by atoms with Crippen molar-refractivity contribution in [2.45, 2.75) is 13.5 Å². The highest BCUT2D eigenvalue weighted by molar-refractivity contribution is 5.19. The fourth-order valence-electron chi connectivity index (χ4n) is 0.876. The first-order valence-electron chi connectivity index (χ1n) is 3.06. The van der Waals surface area contributed by atoms with Gasteiger partial charge >= 0.3 is 0 Å². The molecule has 1 aromatic heterocycles. The molecule has 1 aromatic rings. The molecule has 1 heterocycles. The third kappa shape index (κ3) is 0.980. The molecule has 0 bridgehead atoms. The van der Waals surface area contributed by atoms with E-state index in [1.165, 1.54) is 11.3 Å². The van der Waals surface area contributed by atoms with Crippen LogP contribution in [0.15, 0.2) is 12.3 Å². The minimum Gasteiger partial charge on any atom is -0.354 e. The standard InChI is InChI=1S/C7H12N2/c1-6-7(5-8)3-4-9(6)2/h3-4H,5,8H2,1-2H3. The predicted octanol–water partition coefficient (Wildman–Crippen LogP) is 0.792. The summed E-state index contributed by atoms with van der Waals surface area (Å²) in [6, 6.07) is 2.05. The molecule has 50 valence electrons. The molecule has 0 aliphatic carbocycles. The van der Waals surface area contributed by atoms with Gasteiger partial charge in [0, 0.05) is 25.5 Å². The second kappa shape index (κ2) is 2.23. The fraction of sp³-hybridized carbons (Fsp3) is 0.429. The van der Waals surface area contributed by atoms with Crippen molar-refractivity contribution >= 4 is 0 Å². The van der Waals surface area contributed by atoms with Gasteiger partial charge in [-0.3, -0.25) is 0 Å². The Kier molecular flexibility index (Phi) is 1.58. The molecule has 0 saturated heterocycles. The number of rotatable bonds is 1. The van der Waals surface area contributed by atoms with Crippen molar-refractivity contribution in [1.82, 2.24) is 4.57 Å². The zero-order chi connectivity index (χ0) is 6.85. The highest BCUT2D eigenvalue weighted by atomic mass is 14.9. The summed E-state index contributed by atoms with van der Waals surface area (Å²) < 4.78 is 2.07. The maximum Gasteiger partial charge on any atom is 0.0195 e. The normalized spacial score (nSPS) is 10.1. The van der Waals surface area contributed by atoms with Gasteiger partial charge < -0.3 is 10.3 Å². The van der Waals surface area contributed by atoms with Crippen molar-refractivity contribution in [1.29, 1.82) is 0 Å². The van der Waals surface area contributed by atoms with Crippen LogP contribution in [0.3, 0.4) is 0 Å². The summed E-state index contributed by atoms with van der Waals surface area (Å²) in [5.41, 5.74) is 7.95. The molecule has 0 aliphatic rings. The van der Waals surface area contributed by atoms with Gasteiger partial charge in [-0.05, 0) is 18.6 Å². The summed E-state index contributed by atoms with van der Waals surface area (Å²) in [6.45, 7) is 2.72. The lowest BCUT2D eigenvalue weighted by molar-refractivity contribution is 0.866. The zero-order valence-electron chi connectivity index (χ0n) is 5.89. The van der Waals surface area contributed by atoms with Crippen molar-refractivity contribution in [3.8, 4) is 0 Å². The van der Waals surface area contributed by atoms with Gasteiger partial charge in [0.25, 0.3) is 0 Å². The van der Waals surface area contributed by atoms with Crippen molar-refractivity contribution < 1.29 is 0 Å². The molecule has 0 spiro atoms. The molecule has 1 rings (SSSR count). The molecule has 2 heteroatoms. The van der Waals surface area contributed by atoms with Crippen molar-refractivity contribution in [2.75, 3.05) is 0 Å². The predicted molar refractivity (Wildman–Crippen MR) is 38.0 cm³/mol. The lowest BCUT2D eigenvalue weighted by Gasteiger charge is -1.96.